The largest absolute Gasteiger partial charge is 0.381 e. The number of piperidine rings is 4. The van der Waals surface area contributed by atoms with E-state index in [4.69, 9.17) is 32.7 Å². The first-order valence-corrected chi connectivity index (χ1v) is 44.7. The van der Waals surface area contributed by atoms with Crippen LogP contribution in [0.3, 0.4) is 0 Å². The number of nitrogens with zero attached hydrogens (tertiary/aromatic N) is 8. The molecule has 12 aliphatic rings. The number of rotatable bonds is 24. The number of imide groups is 4. The first-order valence-electron chi connectivity index (χ1n) is 49.7. The molecule has 32 heteroatoms. The lowest BCUT2D eigenvalue weighted by atomic mass is 10.0. The number of hydrogen-bond acceptors (Lipinski definition) is 24. The summed E-state index contributed by atoms with van der Waals surface area (Å²) >= 11 is 0. The van der Waals surface area contributed by atoms with Gasteiger partial charge in [-0.2, -0.15) is 0 Å². The van der Waals surface area contributed by atoms with Gasteiger partial charge in [-0.3, -0.25) is 98.4 Å². The van der Waals surface area contributed by atoms with Gasteiger partial charge in [0, 0.05) is 235 Å². The normalized spacial score (nSPS) is 24.9. The summed E-state index contributed by atoms with van der Waals surface area (Å²) in [5, 5.41) is 21.8. The maximum atomic E-state index is 13.3. The van der Waals surface area contributed by atoms with Gasteiger partial charge in [0.1, 0.15) is 24.1 Å². The van der Waals surface area contributed by atoms with Crippen molar-refractivity contribution in [3.63, 3.8) is 0 Å². The summed E-state index contributed by atoms with van der Waals surface area (Å²) in [6.45, 7) is 19.1. The Morgan fingerprint density at radius 1 is 0.303 bits per heavy atom. The zero-order chi connectivity index (χ0) is 100. The standard InChI is InChI=1S/4C25H28N4O4/c4*30-23-8-7-22(24(31)27-23)29-16-20-19(25(29)32)5-2-6-21(20)26-14-17-3-1-4-18(13-17)15-28-9-11-33-12-10-28/h4*1-6,13,22,26H,7-12,14-16H2,(H,27,30,31)/i7D2,8D2,22D;7D2,8D2;22D;. The van der Waals surface area contributed by atoms with Crippen LogP contribution in [0.15, 0.2) is 170 Å². The van der Waals surface area contributed by atoms with E-state index in [9.17, 15) is 57.5 Å². The highest BCUT2D eigenvalue weighted by molar-refractivity contribution is 6.09. The van der Waals surface area contributed by atoms with Crippen LogP contribution in [0.4, 0.5) is 22.7 Å². The van der Waals surface area contributed by atoms with Crippen molar-refractivity contribution in [3.8, 4) is 0 Å². The number of fused-ring (bicyclic) bond motifs is 4. The smallest absolute Gasteiger partial charge is 0.255 e. The number of amides is 12. The Balaban J connectivity index is 0.000000130. The minimum absolute atomic E-state index is 0.00388. The minimum Gasteiger partial charge on any atom is -0.381 e. The van der Waals surface area contributed by atoms with Crippen molar-refractivity contribution in [1.82, 2.24) is 60.5 Å². The summed E-state index contributed by atoms with van der Waals surface area (Å²) in [6.07, 6.45) is -11.7. The van der Waals surface area contributed by atoms with Crippen LogP contribution in [-0.4, -0.2) is 239 Å². The number of nitrogens with one attached hydrogen (secondary N) is 8. The quantitative estimate of drug-likeness (QED) is 0.0270. The number of ether oxygens (including phenoxy) is 4. The number of benzene rings is 8. The molecule has 688 valence electrons. The van der Waals surface area contributed by atoms with Gasteiger partial charge < -0.3 is 59.8 Å². The van der Waals surface area contributed by atoms with Gasteiger partial charge in [-0.25, -0.2) is 0 Å². The highest BCUT2D eigenvalue weighted by atomic mass is 16.5. The van der Waals surface area contributed by atoms with Gasteiger partial charge in [0.05, 0.1) is 55.6 Å². The molecule has 8 aromatic carbocycles. The van der Waals surface area contributed by atoms with E-state index in [1.54, 1.807) is 52.7 Å². The maximum Gasteiger partial charge on any atom is 0.255 e. The molecular formula is C100H112N16O16. The van der Waals surface area contributed by atoms with Crippen molar-refractivity contribution in [3.05, 3.63) is 259 Å². The van der Waals surface area contributed by atoms with E-state index >= 15 is 0 Å². The zero-order valence-corrected chi connectivity index (χ0v) is 73.1. The maximum absolute atomic E-state index is 13.3. The fourth-order valence-corrected chi connectivity index (χ4v) is 18.1. The Labute approximate surface area is 780 Å². The van der Waals surface area contributed by atoms with E-state index in [0.29, 0.717) is 83.2 Å². The molecule has 8 aromatic rings. The SMILES string of the molecule is O=C1CCC(N2Cc3c(NCc4cccc(CN5CCOCC5)c4)cccc3C2=O)C(=O)N1.[2H]C1(N2Cc3c(NCc4cccc(CN5CCOCC5)c4)cccc3C2=O)CCC(=O)NC1=O.[2H]C1([2H])C(=O)NC(=O)C(N2Cc3c(NCc4cccc(CN5CCOCC5)c4)cccc3C2=O)C1([2H])[2H].[2H]C1([2H])C(=O)NC(=O)C([2H])(N2Cc3c(NCc4cccc(CN5CCOCC5)c4)cccc3C2=O)C1([2H])[2H]. The lowest BCUT2D eigenvalue weighted by Gasteiger charge is -2.29. The molecule has 0 radical (unpaired) electrons. The Kier molecular flexibility index (Phi) is 25.4. The monoisotopic (exact) mass is 1800 g/mol. The molecule has 0 bridgehead atoms. The molecule has 132 heavy (non-hydrogen) atoms. The van der Waals surface area contributed by atoms with Crippen LogP contribution in [0, 0.1) is 0 Å². The Hall–Kier alpha value is -12.9. The fourth-order valence-electron chi connectivity index (χ4n) is 18.1. The van der Waals surface area contributed by atoms with Gasteiger partial charge in [0.2, 0.25) is 47.3 Å². The first-order chi connectivity index (χ1) is 68.1. The lowest BCUT2D eigenvalue weighted by molar-refractivity contribution is -0.138. The third kappa shape index (κ3) is 22.1. The van der Waals surface area contributed by atoms with Gasteiger partial charge in [-0.05, 0) is 119 Å². The van der Waals surface area contributed by atoms with E-state index in [1.807, 2.05) is 53.8 Å². The van der Waals surface area contributed by atoms with Gasteiger partial charge >= 0.3 is 0 Å². The van der Waals surface area contributed by atoms with Crippen LogP contribution in [0.5, 0.6) is 0 Å². The van der Waals surface area contributed by atoms with Gasteiger partial charge in [0.25, 0.3) is 23.6 Å². The average molecular weight is 1800 g/mol. The molecule has 8 N–H and O–H groups in total. The number of carbonyl (C=O) groups is 12. The second kappa shape index (κ2) is 42.5. The van der Waals surface area contributed by atoms with E-state index in [1.165, 1.54) is 33.2 Å². The summed E-state index contributed by atoms with van der Waals surface area (Å²) < 4.78 is 104. The first kappa shape index (κ1) is 78.9. The van der Waals surface area contributed by atoms with E-state index in [-0.39, 0.29) is 68.1 Å². The number of carbonyl (C=O) groups excluding carboxylic acids is 12. The minimum atomic E-state index is -3.30. The van der Waals surface area contributed by atoms with Gasteiger partial charge in [0.15, 0.2) is 0 Å². The molecule has 8 fully saturated rings. The second-order valence-corrected chi connectivity index (χ2v) is 33.9. The molecular weight excluding hydrogens is 1680 g/mol. The Bertz CT molecular complexity index is 6240. The van der Waals surface area contributed by atoms with Crippen molar-refractivity contribution in [2.75, 3.05) is 126 Å². The lowest BCUT2D eigenvalue weighted by Crippen LogP contribution is -2.52. The van der Waals surface area contributed by atoms with Gasteiger partial charge in [-0.1, -0.05) is 121 Å². The van der Waals surface area contributed by atoms with Crippen molar-refractivity contribution in [1.29, 1.82) is 0 Å². The van der Waals surface area contributed by atoms with Crippen LogP contribution in [0.2, 0.25) is 0 Å². The summed E-state index contributed by atoms with van der Waals surface area (Å²) in [6, 6.07) is 47.3. The molecule has 8 saturated heterocycles. The van der Waals surface area contributed by atoms with Crippen molar-refractivity contribution >= 4 is 93.6 Å². The molecule has 20 rings (SSSR count). The topological polar surface area (TPSA) is 364 Å². The van der Waals surface area contributed by atoms with Crippen LogP contribution < -0.4 is 42.5 Å². The Morgan fingerprint density at radius 2 is 0.576 bits per heavy atom. The highest BCUT2D eigenvalue weighted by Gasteiger charge is 2.45. The zero-order valence-electron chi connectivity index (χ0n) is 83.1. The van der Waals surface area contributed by atoms with E-state index in [2.05, 4.69) is 124 Å². The summed E-state index contributed by atoms with van der Waals surface area (Å²) in [5.41, 5.74) is 16.5. The predicted octanol–water partition coefficient (Wildman–Crippen LogP) is 7.57. The van der Waals surface area contributed by atoms with E-state index in [0.717, 1.165) is 181 Å². The fraction of sp³-hybridized carbons (Fsp3) is 0.400. The van der Waals surface area contributed by atoms with Crippen molar-refractivity contribution < 1.29 is 90.2 Å². The average Bonchev–Trinajstić information content (AvgIpc) is 1.32. The van der Waals surface area contributed by atoms with Crippen LogP contribution in [-0.2, 0) is 136 Å². The molecule has 32 nitrogen and oxygen atoms in total. The number of morpholine rings is 4. The van der Waals surface area contributed by atoms with E-state index < -0.39 is 96.9 Å². The molecule has 4 unspecified atom stereocenters. The Morgan fingerprint density at radius 3 is 0.932 bits per heavy atom. The third-order valence-electron chi connectivity index (χ3n) is 25.0. The van der Waals surface area contributed by atoms with Crippen LogP contribution >= 0.6 is 0 Å². The molecule has 0 aromatic heterocycles. The second-order valence-electron chi connectivity index (χ2n) is 33.9. The molecule has 12 aliphatic heterocycles. The molecule has 0 saturated carbocycles. The molecule has 4 atom stereocenters. The van der Waals surface area contributed by atoms with Crippen LogP contribution in [0.1, 0.15) is 173 Å². The highest BCUT2D eigenvalue weighted by Crippen LogP contribution is 2.38. The van der Waals surface area contributed by atoms with Crippen molar-refractivity contribution in [2.24, 2.45) is 0 Å². The summed E-state index contributed by atoms with van der Waals surface area (Å²) in [4.78, 5) is 164. The molecule has 12 amide bonds. The molecule has 0 spiro atoms. The number of hydrogen-bond donors (Lipinski definition) is 8. The molecule has 12 heterocycles. The third-order valence-corrected chi connectivity index (χ3v) is 25.0. The summed E-state index contributed by atoms with van der Waals surface area (Å²) in [5.74, 6) is -8.92. The van der Waals surface area contributed by atoms with Crippen molar-refractivity contribution in [2.45, 2.75) is 154 Å². The predicted molar refractivity (Wildman–Crippen MR) is 489 cm³/mol. The van der Waals surface area contributed by atoms with Crippen LogP contribution in [0.25, 0.3) is 0 Å². The van der Waals surface area contributed by atoms with Gasteiger partial charge in [-0.15, -0.1) is 0 Å². The number of anilines is 4. The molecule has 0 aliphatic carbocycles. The summed E-state index contributed by atoms with van der Waals surface area (Å²) in [7, 11) is 0.